The van der Waals surface area contributed by atoms with Gasteiger partial charge in [0, 0.05) is 18.5 Å². The number of thiazole rings is 1. The number of piperidine rings is 1. The van der Waals surface area contributed by atoms with E-state index in [-0.39, 0.29) is 11.7 Å². The number of hydrogen-bond acceptors (Lipinski definition) is 4. The van der Waals surface area contributed by atoms with Gasteiger partial charge in [0.05, 0.1) is 5.88 Å². The zero-order chi connectivity index (χ0) is 12.3. The van der Waals surface area contributed by atoms with Crippen LogP contribution in [0.25, 0.3) is 0 Å². The van der Waals surface area contributed by atoms with E-state index in [2.05, 4.69) is 16.8 Å². The maximum absolute atomic E-state index is 11.4. The first-order valence-electron chi connectivity index (χ1n) is 6.04. The number of ketones is 1. The predicted molar refractivity (Wildman–Crippen MR) is 72.4 cm³/mol. The largest absolute Gasteiger partial charge is 0.348 e. The SMILES string of the molecule is CCC1CCCN(c2nc(C(=O)CCl)cs2)C1. The number of alkyl halides is 1. The molecule has 1 aliphatic heterocycles. The lowest BCUT2D eigenvalue weighted by Gasteiger charge is -2.31. The molecule has 0 saturated carbocycles. The second-order valence-electron chi connectivity index (χ2n) is 4.43. The molecule has 94 valence electrons. The van der Waals surface area contributed by atoms with E-state index in [1.807, 2.05) is 5.38 Å². The van der Waals surface area contributed by atoms with Crippen molar-refractivity contribution in [3.8, 4) is 0 Å². The van der Waals surface area contributed by atoms with Gasteiger partial charge in [0.25, 0.3) is 0 Å². The molecule has 1 unspecified atom stereocenters. The van der Waals surface area contributed by atoms with Crippen molar-refractivity contribution < 1.29 is 4.79 Å². The third-order valence-electron chi connectivity index (χ3n) is 3.27. The third kappa shape index (κ3) is 2.99. The summed E-state index contributed by atoms with van der Waals surface area (Å²) >= 11 is 7.08. The summed E-state index contributed by atoms with van der Waals surface area (Å²) < 4.78 is 0. The van der Waals surface area contributed by atoms with Crippen LogP contribution < -0.4 is 4.90 Å². The Morgan fingerprint density at radius 2 is 2.53 bits per heavy atom. The highest BCUT2D eigenvalue weighted by Crippen LogP contribution is 2.27. The standard InChI is InChI=1S/C12H17ClN2OS/c1-2-9-4-3-5-15(7-9)12-14-10(8-17-12)11(16)6-13/h8-9H,2-7H2,1H3. The van der Waals surface area contributed by atoms with Gasteiger partial charge in [-0.2, -0.15) is 0 Å². The summed E-state index contributed by atoms with van der Waals surface area (Å²) in [6.45, 7) is 4.36. The average molecular weight is 273 g/mol. The molecule has 1 aromatic heterocycles. The van der Waals surface area contributed by atoms with Gasteiger partial charge in [0.15, 0.2) is 10.9 Å². The summed E-state index contributed by atoms with van der Waals surface area (Å²) in [5, 5.41) is 2.78. The minimum Gasteiger partial charge on any atom is -0.348 e. The van der Waals surface area contributed by atoms with Crippen LogP contribution in [0.3, 0.4) is 0 Å². The Morgan fingerprint density at radius 3 is 3.24 bits per heavy atom. The first-order chi connectivity index (χ1) is 8.24. The number of rotatable bonds is 4. The summed E-state index contributed by atoms with van der Waals surface area (Å²) in [7, 11) is 0. The summed E-state index contributed by atoms with van der Waals surface area (Å²) in [5.41, 5.74) is 0.513. The first kappa shape index (κ1) is 12.8. The molecule has 17 heavy (non-hydrogen) atoms. The van der Waals surface area contributed by atoms with Crippen molar-refractivity contribution in [2.45, 2.75) is 26.2 Å². The highest BCUT2D eigenvalue weighted by Gasteiger charge is 2.21. The molecule has 1 atom stereocenters. The molecule has 1 aliphatic rings. The van der Waals surface area contributed by atoms with Crippen molar-refractivity contribution in [2.75, 3.05) is 23.9 Å². The number of aromatic nitrogens is 1. The number of carbonyl (C=O) groups excluding carboxylic acids is 1. The second-order valence-corrected chi connectivity index (χ2v) is 5.54. The Labute approximate surface area is 111 Å². The Bertz CT molecular complexity index is 394. The molecule has 1 aromatic rings. The number of halogens is 1. The number of nitrogens with zero attached hydrogens (tertiary/aromatic N) is 2. The van der Waals surface area contributed by atoms with Crippen molar-refractivity contribution in [2.24, 2.45) is 5.92 Å². The fourth-order valence-electron chi connectivity index (χ4n) is 2.18. The molecule has 5 heteroatoms. The number of hydrogen-bond donors (Lipinski definition) is 0. The summed E-state index contributed by atoms with van der Waals surface area (Å²) in [6.07, 6.45) is 3.75. The van der Waals surface area contributed by atoms with Gasteiger partial charge in [0.2, 0.25) is 0 Å². The van der Waals surface area contributed by atoms with Crippen LogP contribution in [-0.2, 0) is 0 Å². The van der Waals surface area contributed by atoms with Gasteiger partial charge in [0.1, 0.15) is 5.69 Å². The van der Waals surface area contributed by atoms with Crippen LogP contribution in [0.4, 0.5) is 5.13 Å². The molecule has 0 spiro atoms. The fourth-order valence-corrected chi connectivity index (χ4v) is 3.18. The molecule has 0 aliphatic carbocycles. The highest BCUT2D eigenvalue weighted by atomic mass is 35.5. The van der Waals surface area contributed by atoms with E-state index >= 15 is 0 Å². The number of anilines is 1. The molecule has 0 bridgehead atoms. The Hall–Kier alpha value is -0.610. The lowest BCUT2D eigenvalue weighted by atomic mass is 9.96. The average Bonchev–Trinajstić information content (AvgIpc) is 2.87. The van der Waals surface area contributed by atoms with Crippen LogP contribution >= 0.6 is 22.9 Å². The molecule has 3 nitrogen and oxygen atoms in total. The zero-order valence-electron chi connectivity index (χ0n) is 9.99. The normalized spacial score (nSPS) is 20.6. The minimum atomic E-state index is -0.0850. The number of Topliss-reactive ketones (excluding diaryl/α,β-unsaturated/α-hetero) is 1. The van der Waals surface area contributed by atoms with Crippen LogP contribution in [-0.4, -0.2) is 29.7 Å². The minimum absolute atomic E-state index is 0.0146. The van der Waals surface area contributed by atoms with E-state index in [0.29, 0.717) is 5.69 Å². The van der Waals surface area contributed by atoms with Gasteiger partial charge < -0.3 is 4.90 Å². The molecule has 0 radical (unpaired) electrons. The molecular weight excluding hydrogens is 256 g/mol. The first-order valence-corrected chi connectivity index (χ1v) is 7.45. The topological polar surface area (TPSA) is 33.2 Å². The lowest BCUT2D eigenvalue weighted by Crippen LogP contribution is -2.35. The van der Waals surface area contributed by atoms with Crippen molar-refractivity contribution in [3.63, 3.8) is 0 Å². The molecule has 0 aromatic carbocycles. The zero-order valence-corrected chi connectivity index (χ0v) is 11.6. The van der Waals surface area contributed by atoms with Gasteiger partial charge in [-0.3, -0.25) is 4.79 Å². The molecular formula is C12H17ClN2OS. The van der Waals surface area contributed by atoms with E-state index < -0.39 is 0 Å². The van der Waals surface area contributed by atoms with Crippen LogP contribution in [0.5, 0.6) is 0 Å². The van der Waals surface area contributed by atoms with Gasteiger partial charge in [-0.25, -0.2) is 4.98 Å². The quantitative estimate of drug-likeness (QED) is 0.623. The Morgan fingerprint density at radius 1 is 1.71 bits per heavy atom. The third-order valence-corrected chi connectivity index (χ3v) is 4.41. The summed E-state index contributed by atoms with van der Waals surface area (Å²) in [6, 6.07) is 0. The van der Waals surface area contributed by atoms with Crippen molar-refractivity contribution >= 4 is 33.9 Å². The van der Waals surface area contributed by atoms with E-state index in [9.17, 15) is 4.79 Å². The van der Waals surface area contributed by atoms with E-state index in [1.165, 1.54) is 19.3 Å². The van der Waals surface area contributed by atoms with Crippen molar-refractivity contribution in [1.29, 1.82) is 0 Å². The van der Waals surface area contributed by atoms with Crippen LogP contribution in [0.1, 0.15) is 36.7 Å². The predicted octanol–water partition coefficient (Wildman–Crippen LogP) is 3.19. The summed E-state index contributed by atoms with van der Waals surface area (Å²) in [5.74, 6) is 0.693. The van der Waals surface area contributed by atoms with Crippen molar-refractivity contribution in [3.05, 3.63) is 11.1 Å². The van der Waals surface area contributed by atoms with Gasteiger partial charge in [-0.15, -0.1) is 22.9 Å². The Kier molecular flexibility index (Phi) is 4.40. The molecule has 0 amide bonds. The van der Waals surface area contributed by atoms with Crippen LogP contribution in [0, 0.1) is 5.92 Å². The molecule has 0 N–H and O–H groups in total. The van der Waals surface area contributed by atoms with Gasteiger partial charge in [-0.1, -0.05) is 13.3 Å². The maximum Gasteiger partial charge on any atom is 0.196 e. The van der Waals surface area contributed by atoms with Gasteiger partial charge >= 0.3 is 0 Å². The molecule has 2 heterocycles. The van der Waals surface area contributed by atoms with E-state index in [4.69, 9.17) is 11.6 Å². The maximum atomic E-state index is 11.4. The fraction of sp³-hybridized carbons (Fsp3) is 0.667. The van der Waals surface area contributed by atoms with Crippen LogP contribution in [0.2, 0.25) is 0 Å². The van der Waals surface area contributed by atoms with Crippen LogP contribution in [0.15, 0.2) is 5.38 Å². The molecule has 2 rings (SSSR count). The van der Waals surface area contributed by atoms with E-state index in [1.54, 1.807) is 11.3 Å². The monoisotopic (exact) mass is 272 g/mol. The summed E-state index contributed by atoms with van der Waals surface area (Å²) in [4.78, 5) is 18.1. The number of carbonyl (C=O) groups is 1. The Balaban J connectivity index is 2.06. The second kappa shape index (κ2) is 5.83. The molecule has 1 saturated heterocycles. The van der Waals surface area contributed by atoms with Crippen molar-refractivity contribution in [1.82, 2.24) is 4.98 Å². The lowest BCUT2D eigenvalue weighted by molar-refractivity contribution is 0.101. The molecule has 1 fully saturated rings. The van der Waals surface area contributed by atoms with Gasteiger partial charge in [-0.05, 0) is 18.8 Å². The van der Waals surface area contributed by atoms with E-state index in [0.717, 1.165) is 24.1 Å². The highest BCUT2D eigenvalue weighted by molar-refractivity contribution is 7.14. The smallest absolute Gasteiger partial charge is 0.196 e.